The summed E-state index contributed by atoms with van der Waals surface area (Å²) in [7, 11) is 0. The molecule has 0 aromatic rings. The van der Waals surface area contributed by atoms with Crippen LogP contribution in [0.5, 0.6) is 0 Å². The Balaban J connectivity index is 3.77. The minimum absolute atomic E-state index is 0.0334. The van der Waals surface area contributed by atoms with E-state index in [0.717, 1.165) is 0 Å². The minimum atomic E-state index is -0.215. The maximum Gasteiger partial charge on any atom is 0.323 e. The highest BCUT2D eigenvalue weighted by Crippen LogP contribution is 1.95. The lowest BCUT2D eigenvalue weighted by Crippen LogP contribution is -2.40. The largest absolute Gasteiger partial charge is 0.462 e. The van der Waals surface area contributed by atoms with E-state index in [1.54, 1.807) is 0 Å². The van der Waals surface area contributed by atoms with Crippen LogP contribution in [0.1, 0.15) is 34.6 Å². The lowest BCUT2D eigenvalue weighted by molar-refractivity contribution is -0.149. The highest BCUT2D eigenvalue weighted by atomic mass is 16.5. The summed E-state index contributed by atoms with van der Waals surface area (Å²) in [5, 5.41) is 3.07. The van der Waals surface area contributed by atoms with Gasteiger partial charge in [0.15, 0.2) is 0 Å². The SMILES string of the molecule is CC(C)N[C@H](C)C(=O)OC(C)C. The van der Waals surface area contributed by atoms with Crippen LogP contribution < -0.4 is 5.32 Å². The van der Waals surface area contributed by atoms with Gasteiger partial charge in [-0.3, -0.25) is 4.79 Å². The van der Waals surface area contributed by atoms with Crippen molar-refractivity contribution in [2.75, 3.05) is 0 Å². The molecule has 0 aliphatic rings. The van der Waals surface area contributed by atoms with Gasteiger partial charge in [0.1, 0.15) is 6.04 Å². The second kappa shape index (κ2) is 5.14. The van der Waals surface area contributed by atoms with Crippen LogP contribution in [0.15, 0.2) is 0 Å². The van der Waals surface area contributed by atoms with E-state index in [1.807, 2.05) is 34.6 Å². The van der Waals surface area contributed by atoms with Crippen LogP contribution >= 0.6 is 0 Å². The van der Waals surface area contributed by atoms with Crippen molar-refractivity contribution in [1.82, 2.24) is 5.32 Å². The fourth-order valence-corrected chi connectivity index (χ4v) is 0.902. The molecule has 0 heterocycles. The molecule has 12 heavy (non-hydrogen) atoms. The first-order valence-corrected chi connectivity index (χ1v) is 4.40. The molecule has 0 bridgehead atoms. The fraction of sp³-hybridized carbons (Fsp3) is 0.889. The van der Waals surface area contributed by atoms with Gasteiger partial charge in [0, 0.05) is 6.04 Å². The van der Waals surface area contributed by atoms with Gasteiger partial charge in [-0.15, -0.1) is 0 Å². The van der Waals surface area contributed by atoms with E-state index in [9.17, 15) is 4.79 Å². The molecule has 0 aromatic carbocycles. The lowest BCUT2D eigenvalue weighted by Gasteiger charge is -2.17. The van der Waals surface area contributed by atoms with Gasteiger partial charge in [-0.1, -0.05) is 13.8 Å². The van der Waals surface area contributed by atoms with Crippen molar-refractivity contribution in [3.05, 3.63) is 0 Å². The second-order valence-electron chi connectivity index (χ2n) is 3.53. The van der Waals surface area contributed by atoms with E-state index in [0.29, 0.717) is 6.04 Å². The van der Waals surface area contributed by atoms with Crippen LogP contribution in [0.25, 0.3) is 0 Å². The van der Waals surface area contributed by atoms with Gasteiger partial charge in [-0.25, -0.2) is 0 Å². The highest BCUT2D eigenvalue weighted by molar-refractivity contribution is 5.75. The Bertz CT molecular complexity index is 143. The molecular weight excluding hydrogens is 154 g/mol. The zero-order chi connectivity index (χ0) is 9.72. The summed E-state index contributed by atoms with van der Waals surface area (Å²) in [5.41, 5.74) is 0. The number of esters is 1. The average molecular weight is 173 g/mol. The van der Waals surface area contributed by atoms with Gasteiger partial charge >= 0.3 is 5.97 Å². The number of rotatable bonds is 4. The molecule has 0 saturated heterocycles. The van der Waals surface area contributed by atoms with Gasteiger partial charge < -0.3 is 10.1 Å². The van der Waals surface area contributed by atoms with Gasteiger partial charge in [0.05, 0.1) is 6.10 Å². The number of carbonyl (C=O) groups is 1. The molecule has 72 valence electrons. The zero-order valence-electron chi connectivity index (χ0n) is 8.55. The van der Waals surface area contributed by atoms with E-state index in [1.165, 1.54) is 0 Å². The lowest BCUT2D eigenvalue weighted by atomic mass is 10.3. The van der Waals surface area contributed by atoms with Gasteiger partial charge in [0.2, 0.25) is 0 Å². The van der Waals surface area contributed by atoms with Crippen molar-refractivity contribution in [3.8, 4) is 0 Å². The smallest absolute Gasteiger partial charge is 0.323 e. The van der Waals surface area contributed by atoms with Crippen LogP contribution in [-0.2, 0) is 9.53 Å². The monoisotopic (exact) mass is 173 g/mol. The third-order valence-electron chi connectivity index (χ3n) is 1.29. The number of ether oxygens (including phenoxy) is 1. The van der Waals surface area contributed by atoms with Crippen LogP contribution in [0.2, 0.25) is 0 Å². The molecule has 3 heteroatoms. The summed E-state index contributed by atoms with van der Waals surface area (Å²) in [5.74, 6) is -0.182. The number of hydrogen-bond acceptors (Lipinski definition) is 3. The molecule has 0 aromatic heterocycles. The second-order valence-corrected chi connectivity index (χ2v) is 3.53. The average Bonchev–Trinajstić information content (AvgIpc) is 1.84. The Labute approximate surface area is 74.5 Å². The predicted molar refractivity (Wildman–Crippen MR) is 49.0 cm³/mol. The molecule has 1 atom stereocenters. The Morgan fingerprint density at radius 3 is 2.00 bits per heavy atom. The fourth-order valence-electron chi connectivity index (χ4n) is 0.902. The first-order chi connectivity index (χ1) is 5.43. The summed E-state index contributed by atoms with van der Waals surface area (Å²) in [6.45, 7) is 9.50. The molecule has 0 spiro atoms. The van der Waals surface area contributed by atoms with Gasteiger partial charge in [0.25, 0.3) is 0 Å². The van der Waals surface area contributed by atoms with E-state index in [4.69, 9.17) is 4.74 Å². The Morgan fingerprint density at radius 1 is 1.17 bits per heavy atom. The molecule has 0 aliphatic heterocycles. The van der Waals surface area contributed by atoms with Crippen LogP contribution in [0.4, 0.5) is 0 Å². The predicted octanol–water partition coefficient (Wildman–Crippen LogP) is 1.32. The summed E-state index contributed by atoms with van der Waals surface area (Å²) < 4.78 is 5.01. The Hall–Kier alpha value is -0.570. The van der Waals surface area contributed by atoms with Crippen molar-refractivity contribution in [1.29, 1.82) is 0 Å². The molecule has 3 nitrogen and oxygen atoms in total. The third-order valence-corrected chi connectivity index (χ3v) is 1.29. The maximum absolute atomic E-state index is 11.2. The first-order valence-electron chi connectivity index (χ1n) is 4.40. The third kappa shape index (κ3) is 5.13. The van der Waals surface area contributed by atoms with Crippen LogP contribution in [0, 0.1) is 0 Å². The van der Waals surface area contributed by atoms with Gasteiger partial charge in [-0.2, -0.15) is 0 Å². The van der Waals surface area contributed by atoms with E-state index in [2.05, 4.69) is 5.32 Å². The molecule has 0 saturated carbocycles. The molecule has 0 unspecified atom stereocenters. The number of carbonyl (C=O) groups excluding carboxylic acids is 1. The Kier molecular flexibility index (Phi) is 4.90. The Morgan fingerprint density at radius 2 is 1.67 bits per heavy atom. The van der Waals surface area contributed by atoms with Crippen molar-refractivity contribution < 1.29 is 9.53 Å². The van der Waals surface area contributed by atoms with Crippen molar-refractivity contribution >= 4 is 5.97 Å². The molecular formula is C9H19NO2. The minimum Gasteiger partial charge on any atom is -0.462 e. The molecule has 1 N–H and O–H groups in total. The summed E-state index contributed by atoms with van der Waals surface area (Å²) in [4.78, 5) is 11.2. The number of nitrogens with one attached hydrogen (secondary N) is 1. The zero-order valence-corrected chi connectivity index (χ0v) is 8.55. The molecule has 0 radical (unpaired) electrons. The maximum atomic E-state index is 11.2. The van der Waals surface area contributed by atoms with E-state index >= 15 is 0 Å². The van der Waals surface area contributed by atoms with E-state index in [-0.39, 0.29) is 18.1 Å². The van der Waals surface area contributed by atoms with E-state index < -0.39 is 0 Å². The molecule has 0 aliphatic carbocycles. The molecule has 0 amide bonds. The summed E-state index contributed by atoms with van der Waals surface area (Å²) >= 11 is 0. The van der Waals surface area contributed by atoms with Crippen molar-refractivity contribution in [2.24, 2.45) is 0 Å². The van der Waals surface area contributed by atoms with Crippen LogP contribution in [0.3, 0.4) is 0 Å². The van der Waals surface area contributed by atoms with Gasteiger partial charge in [-0.05, 0) is 20.8 Å². The van der Waals surface area contributed by atoms with Crippen LogP contribution in [-0.4, -0.2) is 24.2 Å². The topological polar surface area (TPSA) is 38.3 Å². The molecule has 0 fully saturated rings. The normalized spacial score (nSPS) is 13.6. The standard InChI is InChI=1S/C9H19NO2/c1-6(2)10-8(5)9(11)12-7(3)4/h6-8,10H,1-5H3/t8-/m1/s1. The highest BCUT2D eigenvalue weighted by Gasteiger charge is 2.15. The number of hydrogen-bond donors (Lipinski definition) is 1. The quantitative estimate of drug-likeness (QED) is 0.652. The molecule has 0 rings (SSSR count). The summed E-state index contributed by atoms with van der Waals surface area (Å²) in [6.07, 6.45) is -0.0334. The van der Waals surface area contributed by atoms with Crippen molar-refractivity contribution in [3.63, 3.8) is 0 Å². The van der Waals surface area contributed by atoms with Crippen molar-refractivity contribution in [2.45, 2.75) is 52.8 Å². The summed E-state index contributed by atoms with van der Waals surface area (Å²) in [6, 6.07) is 0.0899. The first kappa shape index (κ1) is 11.4.